The van der Waals surface area contributed by atoms with Crippen molar-refractivity contribution in [2.24, 2.45) is 0 Å². The van der Waals surface area contributed by atoms with Crippen LogP contribution in [0.15, 0.2) is 47.1 Å². The Morgan fingerprint density at radius 2 is 2.00 bits per heavy atom. The van der Waals surface area contributed by atoms with E-state index in [0.29, 0.717) is 18.5 Å². The van der Waals surface area contributed by atoms with Crippen LogP contribution in [0.5, 0.6) is 5.88 Å². The van der Waals surface area contributed by atoms with Gasteiger partial charge in [-0.1, -0.05) is 35.0 Å². The summed E-state index contributed by atoms with van der Waals surface area (Å²) in [6.07, 6.45) is 1.79. The zero-order valence-corrected chi connectivity index (χ0v) is 13.4. The fourth-order valence-electron chi connectivity index (χ4n) is 1.93. The maximum absolute atomic E-state index is 5.75. The zero-order valence-electron chi connectivity index (χ0n) is 11.8. The van der Waals surface area contributed by atoms with Crippen molar-refractivity contribution in [1.82, 2.24) is 10.3 Å². The van der Waals surface area contributed by atoms with E-state index in [0.717, 1.165) is 16.6 Å². The third-order valence-corrected chi connectivity index (χ3v) is 3.60. The third-order valence-electron chi connectivity index (χ3n) is 3.07. The quantitative estimate of drug-likeness (QED) is 0.863. The summed E-state index contributed by atoms with van der Waals surface area (Å²) in [5.41, 5.74) is 2.31. The molecule has 0 amide bonds. The van der Waals surface area contributed by atoms with Crippen molar-refractivity contribution in [1.29, 1.82) is 0 Å². The van der Waals surface area contributed by atoms with Gasteiger partial charge in [-0.3, -0.25) is 0 Å². The van der Waals surface area contributed by atoms with Gasteiger partial charge in [0.05, 0.1) is 0 Å². The molecule has 1 aromatic carbocycles. The van der Waals surface area contributed by atoms with Crippen LogP contribution in [0.25, 0.3) is 0 Å². The van der Waals surface area contributed by atoms with Crippen LogP contribution in [-0.4, -0.2) is 11.5 Å². The van der Waals surface area contributed by atoms with E-state index in [1.807, 2.05) is 36.4 Å². The molecule has 4 heteroatoms. The molecule has 1 heterocycles. The predicted molar refractivity (Wildman–Crippen MR) is 84.8 cm³/mol. The molecule has 0 aliphatic rings. The highest BCUT2D eigenvalue weighted by Gasteiger charge is 2.05. The first kappa shape index (κ1) is 15.0. The number of hydrogen-bond donors (Lipinski definition) is 1. The molecule has 2 rings (SSSR count). The predicted octanol–water partition coefficient (Wildman–Crippen LogP) is 4.09. The van der Waals surface area contributed by atoms with E-state index >= 15 is 0 Å². The van der Waals surface area contributed by atoms with Crippen LogP contribution in [0.2, 0.25) is 0 Å². The fraction of sp³-hybridized carbons (Fsp3) is 0.312. The number of ether oxygens (including phenoxy) is 1. The van der Waals surface area contributed by atoms with Gasteiger partial charge in [0.15, 0.2) is 0 Å². The molecule has 20 heavy (non-hydrogen) atoms. The van der Waals surface area contributed by atoms with E-state index < -0.39 is 0 Å². The minimum absolute atomic E-state index is 0.304. The summed E-state index contributed by atoms with van der Waals surface area (Å²) in [6, 6.07) is 12.4. The SMILES string of the molecule is CCNC(C)c1ccnc(OCc2ccc(Br)cc2)c1. The first-order valence-corrected chi connectivity index (χ1v) is 7.55. The second kappa shape index (κ2) is 7.41. The monoisotopic (exact) mass is 334 g/mol. The van der Waals surface area contributed by atoms with Gasteiger partial charge in [-0.25, -0.2) is 4.98 Å². The van der Waals surface area contributed by atoms with Crippen LogP contribution in [0.1, 0.15) is 31.0 Å². The lowest BCUT2D eigenvalue weighted by molar-refractivity contribution is 0.293. The maximum atomic E-state index is 5.75. The number of halogens is 1. The molecule has 106 valence electrons. The van der Waals surface area contributed by atoms with Crippen molar-refractivity contribution in [2.45, 2.75) is 26.5 Å². The second-order valence-electron chi connectivity index (χ2n) is 4.62. The summed E-state index contributed by atoms with van der Waals surface area (Å²) in [4.78, 5) is 4.26. The van der Waals surface area contributed by atoms with E-state index in [4.69, 9.17) is 4.74 Å². The molecule has 3 nitrogen and oxygen atoms in total. The number of rotatable bonds is 6. The summed E-state index contributed by atoms with van der Waals surface area (Å²) >= 11 is 3.42. The van der Waals surface area contributed by atoms with Gasteiger partial charge < -0.3 is 10.1 Å². The minimum atomic E-state index is 0.304. The first-order chi connectivity index (χ1) is 9.69. The van der Waals surface area contributed by atoms with Crippen molar-refractivity contribution in [3.05, 3.63) is 58.2 Å². The van der Waals surface area contributed by atoms with Gasteiger partial charge in [0, 0.05) is 22.8 Å². The third kappa shape index (κ3) is 4.32. The average molecular weight is 335 g/mol. The van der Waals surface area contributed by atoms with Crippen LogP contribution in [-0.2, 0) is 6.61 Å². The Morgan fingerprint density at radius 1 is 1.25 bits per heavy atom. The van der Waals surface area contributed by atoms with E-state index in [1.54, 1.807) is 6.20 Å². The van der Waals surface area contributed by atoms with Gasteiger partial charge in [0.1, 0.15) is 6.61 Å². The fourth-order valence-corrected chi connectivity index (χ4v) is 2.20. The van der Waals surface area contributed by atoms with Gasteiger partial charge in [-0.2, -0.15) is 0 Å². The molecule has 0 saturated carbocycles. The van der Waals surface area contributed by atoms with Crippen molar-refractivity contribution in [3.8, 4) is 5.88 Å². The summed E-state index contributed by atoms with van der Waals surface area (Å²) < 4.78 is 6.82. The molecule has 0 spiro atoms. The molecule has 1 atom stereocenters. The molecule has 0 bridgehead atoms. The molecule has 0 saturated heterocycles. The topological polar surface area (TPSA) is 34.2 Å². The van der Waals surface area contributed by atoms with Crippen LogP contribution >= 0.6 is 15.9 Å². The van der Waals surface area contributed by atoms with Crippen LogP contribution in [0.3, 0.4) is 0 Å². The second-order valence-corrected chi connectivity index (χ2v) is 5.54. The van der Waals surface area contributed by atoms with Gasteiger partial charge >= 0.3 is 0 Å². The zero-order chi connectivity index (χ0) is 14.4. The largest absolute Gasteiger partial charge is 0.473 e. The van der Waals surface area contributed by atoms with Crippen molar-refractivity contribution in [3.63, 3.8) is 0 Å². The highest BCUT2D eigenvalue weighted by atomic mass is 79.9. The van der Waals surface area contributed by atoms with Crippen LogP contribution < -0.4 is 10.1 Å². The van der Waals surface area contributed by atoms with E-state index in [-0.39, 0.29) is 0 Å². The van der Waals surface area contributed by atoms with Crippen LogP contribution in [0, 0.1) is 0 Å². The van der Waals surface area contributed by atoms with E-state index in [2.05, 4.69) is 40.1 Å². The Kier molecular flexibility index (Phi) is 5.56. The molecule has 1 unspecified atom stereocenters. The van der Waals surface area contributed by atoms with Gasteiger partial charge in [0.25, 0.3) is 0 Å². The molecule has 1 aromatic heterocycles. The Bertz CT molecular complexity index is 542. The summed E-state index contributed by atoms with van der Waals surface area (Å²) in [7, 11) is 0. The Hall–Kier alpha value is -1.39. The molecule has 0 aliphatic heterocycles. The smallest absolute Gasteiger partial charge is 0.213 e. The summed E-state index contributed by atoms with van der Waals surface area (Å²) in [5.74, 6) is 0.662. The lowest BCUT2D eigenvalue weighted by Gasteiger charge is -2.13. The number of nitrogens with zero attached hydrogens (tertiary/aromatic N) is 1. The Morgan fingerprint density at radius 3 is 2.70 bits per heavy atom. The molecule has 2 aromatic rings. The van der Waals surface area contributed by atoms with Crippen molar-refractivity contribution < 1.29 is 4.74 Å². The Labute approximate surface area is 128 Å². The molecular formula is C16H19BrN2O. The Balaban J connectivity index is 1.99. The molecule has 0 aliphatic carbocycles. The molecular weight excluding hydrogens is 316 g/mol. The number of pyridine rings is 1. The lowest BCUT2D eigenvalue weighted by atomic mass is 10.1. The number of aromatic nitrogens is 1. The number of hydrogen-bond acceptors (Lipinski definition) is 3. The normalized spacial score (nSPS) is 12.2. The van der Waals surface area contributed by atoms with Crippen molar-refractivity contribution >= 4 is 15.9 Å². The van der Waals surface area contributed by atoms with Crippen molar-refractivity contribution in [2.75, 3.05) is 6.54 Å². The standard InChI is InChI=1S/C16H19BrN2O/c1-3-18-12(2)14-8-9-19-16(10-14)20-11-13-4-6-15(17)7-5-13/h4-10,12,18H,3,11H2,1-2H3. The summed E-state index contributed by atoms with van der Waals surface area (Å²) in [5, 5.41) is 3.38. The average Bonchev–Trinajstić information content (AvgIpc) is 2.47. The minimum Gasteiger partial charge on any atom is -0.473 e. The lowest BCUT2D eigenvalue weighted by Crippen LogP contribution is -2.17. The van der Waals surface area contributed by atoms with E-state index in [9.17, 15) is 0 Å². The molecule has 1 N–H and O–H groups in total. The van der Waals surface area contributed by atoms with E-state index in [1.165, 1.54) is 5.56 Å². The highest BCUT2D eigenvalue weighted by molar-refractivity contribution is 9.10. The first-order valence-electron chi connectivity index (χ1n) is 6.75. The molecule has 0 radical (unpaired) electrons. The van der Waals surface area contributed by atoms with Crippen LogP contribution in [0.4, 0.5) is 0 Å². The van der Waals surface area contributed by atoms with Gasteiger partial charge in [-0.15, -0.1) is 0 Å². The van der Waals surface area contributed by atoms with Gasteiger partial charge in [-0.05, 0) is 42.8 Å². The number of benzene rings is 1. The highest BCUT2D eigenvalue weighted by Crippen LogP contribution is 2.18. The molecule has 0 fully saturated rings. The summed E-state index contributed by atoms with van der Waals surface area (Å²) in [6.45, 7) is 5.71. The van der Waals surface area contributed by atoms with Gasteiger partial charge in [0.2, 0.25) is 5.88 Å². The number of nitrogens with one attached hydrogen (secondary N) is 1. The maximum Gasteiger partial charge on any atom is 0.213 e.